The number of hydrogen-bond donors (Lipinski definition) is 2. The van der Waals surface area contributed by atoms with Crippen LogP contribution in [0.25, 0.3) is 0 Å². The van der Waals surface area contributed by atoms with Crippen molar-refractivity contribution in [2.24, 2.45) is 11.7 Å². The molecule has 0 aliphatic carbocycles. The third-order valence-electron chi connectivity index (χ3n) is 3.02. The molecular formula is C11H17N5. The molecule has 2 heterocycles. The minimum absolute atomic E-state index is 0.0358. The van der Waals surface area contributed by atoms with E-state index in [0.717, 1.165) is 24.8 Å². The zero-order valence-corrected chi connectivity index (χ0v) is 9.48. The topological polar surface area (TPSA) is 78.9 Å². The van der Waals surface area contributed by atoms with Gasteiger partial charge >= 0.3 is 0 Å². The molecule has 0 aromatic carbocycles. The van der Waals surface area contributed by atoms with E-state index >= 15 is 0 Å². The molecule has 1 aromatic heterocycles. The molecule has 0 bridgehead atoms. The summed E-state index contributed by atoms with van der Waals surface area (Å²) in [4.78, 5) is 10.6. The monoisotopic (exact) mass is 219 g/mol. The minimum Gasteiger partial charge on any atom is -0.382 e. The Morgan fingerprint density at radius 2 is 2.06 bits per heavy atom. The van der Waals surface area contributed by atoms with Crippen molar-refractivity contribution < 1.29 is 0 Å². The van der Waals surface area contributed by atoms with E-state index in [1.54, 1.807) is 12.4 Å². The second-order valence-electron chi connectivity index (χ2n) is 4.34. The largest absolute Gasteiger partial charge is 0.382 e. The van der Waals surface area contributed by atoms with Gasteiger partial charge in [0, 0.05) is 13.1 Å². The molecule has 1 fully saturated rings. The Bertz CT molecular complexity index is 364. The predicted molar refractivity (Wildman–Crippen MR) is 63.7 cm³/mol. The SMILES string of the molecule is CC1CCN(c2cnc(C(=N)N)cn2)CC1. The molecular weight excluding hydrogens is 202 g/mol. The van der Waals surface area contributed by atoms with Gasteiger partial charge in [0.15, 0.2) is 0 Å². The fourth-order valence-corrected chi connectivity index (χ4v) is 1.86. The molecule has 0 amide bonds. The van der Waals surface area contributed by atoms with E-state index in [4.69, 9.17) is 11.1 Å². The van der Waals surface area contributed by atoms with Crippen LogP contribution in [0.4, 0.5) is 5.82 Å². The molecule has 1 aliphatic rings. The van der Waals surface area contributed by atoms with Gasteiger partial charge in [-0.15, -0.1) is 0 Å². The maximum Gasteiger partial charge on any atom is 0.147 e. The van der Waals surface area contributed by atoms with Crippen molar-refractivity contribution in [1.29, 1.82) is 5.41 Å². The van der Waals surface area contributed by atoms with E-state index < -0.39 is 0 Å². The molecule has 3 N–H and O–H groups in total. The van der Waals surface area contributed by atoms with Crippen LogP contribution < -0.4 is 10.6 Å². The maximum absolute atomic E-state index is 7.24. The summed E-state index contributed by atoms with van der Waals surface area (Å²) >= 11 is 0. The zero-order chi connectivity index (χ0) is 11.5. The Morgan fingerprint density at radius 1 is 1.38 bits per heavy atom. The number of nitrogens with zero attached hydrogens (tertiary/aromatic N) is 3. The van der Waals surface area contributed by atoms with Crippen molar-refractivity contribution in [1.82, 2.24) is 9.97 Å². The summed E-state index contributed by atoms with van der Waals surface area (Å²) in [6.45, 7) is 4.35. The summed E-state index contributed by atoms with van der Waals surface area (Å²) in [6, 6.07) is 0. The fourth-order valence-electron chi connectivity index (χ4n) is 1.86. The van der Waals surface area contributed by atoms with Crippen molar-refractivity contribution in [3.63, 3.8) is 0 Å². The zero-order valence-electron chi connectivity index (χ0n) is 9.48. The number of amidine groups is 1. The Hall–Kier alpha value is -1.65. The number of nitrogens with two attached hydrogens (primary N) is 1. The van der Waals surface area contributed by atoms with Crippen LogP contribution in [0.1, 0.15) is 25.5 Å². The second-order valence-corrected chi connectivity index (χ2v) is 4.34. The summed E-state index contributed by atoms with van der Waals surface area (Å²) in [5.41, 5.74) is 5.77. The lowest BCUT2D eigenvalue weighted by atomic mass is 9.99. The number of nitrogens with one attached hydrogen (secondary N) is 1. The fraction of sp³-hybridized carbons (Fsp3) is 0.545. The number of nitrogen functional groups attached to an aromatic ring is 1. The highest BCUT2D eigenvalue weighted by atomic mass is 15.2. The first-order valence-electron chi connectivity index (χ1n) is 5.58. The van der Waals surface area contributed by atoms with Crippen LogP contribution in [-0.4, -0.2) is 28.9 Å². The highest BCUT2D eigenvalue weighted by Gasteiger charge is 2.17. The Kier molecular flexibility index (Phi) is 3.03. The number of anilines is 1. The molecule has 0 saturated carbocycles. The second kappa shape index (κ2) is 4.47. The summed E-state index contributed by atoms with van der Waals surface area (Å²) in [5.74, 6) is 1.66. The summed E-state index contributed by atoms with van der Waals surface area (Å²) in [5, 5.41) is 7.24. The third-order valence-corrected chi connectivity index (χ3v) is 3.02. The lowest BCUT2D eigenvalue weighted by molar-refractivity contribution is 0.436. The molecule has 0 spiro atoms. The van der Waals surface area contributed by atoms with E-state index in [2.05, 4.69) is 21.8 Å². The molecule has 0 radical (unpaired) electrons. The Morgan fingerprint density at radius 3 is 2.56 bits per heavy atom. The smallest absolute Gasteiger partial charge is 0.147 e. The molecule has 1 aliphatic heterocycles. The van der Waals surface area contributed by atoms with Gasteiger partial charge in [0.05, 0.1) is 12.4 Å². The first kappa shape index (κ1) is 10.9. The minimum atomic E-state index is -0.0358. The van der Waals surface area contributed by atoms with Gasteiger partial charge in [-0.3, -0.25) is 5.41 Å². The van der Waals surface area contributed by atoms with Crippen molar-refractivity contribution in [2.75, 3.05) is 18.0 Å². The molecule has 86 valence electrons. The first-order chi connectivity index (χ1) is 7.66. The molecule has 0 atom stereocenters. The van der Waals surface area contributed by atoms with Crippen LogP contribution in [0.15, 0.2) is 12.4 Å². The Balaban J connectivity index is 2.07. The Labute approximate surface area is 95.2 Å². The molecule has 0 unspecified atom stereocenters. The predicted octanol–water partition coefficient (Wildman–Crippen LogP) is 0.997. The molecule has 1 saturated heterocycles. The number of piperidine rings is 1. The van der Waals surface area contributed by atoms with Crippen LogP contribution in [0.5, 0.6) is 0 Å². The highest BCUT2D eigenvalue weighted by Crippen LogP contribution is 2.20. The van der Waals surface area contributed by atoms with Crippen molar-refractivity contribution in [2.45, 2.75) is 19.8 Å². The maximum atomic E-state index is 7.24. The standard InChI is InChI=1S/C11H17N5/c1-8-2-4-16(5-3-8)10-7-14-9(6-15-10)11(12)13/h6-8H,2-5H2,1H3,(H3,12,13). The third kappa shape index (κ3) is 2.29. The van der Waals surface area contributed by atoms with Crippen molar-refractivity contribution in [3.05, 3.63) is 18.1 Å². The van der Waals surface area contributed by atoms with E-state index in [0.29, 0.717) is 5.69 Å². The quantitative estimate of drug-likeness (QED) is 0.574. The van der Waals surface area contributed by atoms with Gasteiger partial charge in [-0.1, -0.05) is 6.92 Å². The van der Waals surface area contributed by atoms with Crippen LogP contribution in [0.2, 0.25) is 0 Å². The average Bonchev–Trinajstić information content (AvgIpc) is 2.30. The van der Waals surface area contributed by atoms with Gasteiger partial charge in [0.1, 0.15) is 17.3 Å². The van der Waals surface area contributed by atoms with Gasteiger partial charge in [-0.25, -0.2) is 9.97 Å². The number of aromatic nitrogens is 2. The van der Waals surface area contributed by atoms with Gasteiger partial charge < -0.3 is 10.6 Å². The van der Waals surface area contributed by atoms with Crippen LogP contribution >= 0.6 is 0 Å². The first-order valence-corrected chi connectivity index (χ1v) is 5.58. The van der Waals surface area contributed by atoms with Gasteiger partial charge in [-0.2, -0.15) is 0 Å². The van der Waals surface area contributed by atoms with Crippen LogP contribution in [0.3, 0.4) is 0 Å². The van der Waals surface area contributed by atoms with E-state index in [-0.39, 0.29) is 5.84 Å². The number of rotatable bonds is 2. The highest BCUT2D eigenvalue weighted by molar-refractivity contribution is 5.92. The molecule has 5 heteroatoms. The van der Waals surface area contributed by atoms with Crippen molar-refractivity contribution in [3.8, 4) is 0 Å². The van der Waals surface area contributed by atoms with Gasteiger partial charge in [-0.05, 0) is 18.8 Å². The van der Waals surface area contributed by atoms with Crippen LogP contribution in [-0.2, 0) is 0 Å². The van der Waals surface area contributed by atoms with Gasteiger partial charge in [0.2, 0.25) is 0 Å². The lowest BCUT2D eigenvalue weighted by Crippen LogP contribution is -2.33. The summed E-state index contributed by atoms with van der Waals surface area (Å²) < 4.78 is 0. The molecule has 5 nitrogen and oxygen atoms in total. The summed E-state index contributed by atoms with van der Waals surface area (Å²) in [7, 11) is 0. The molecule has 1 aromatic rings. The van der Waals surface area contributed by atoms with Crippen LogP contribution in [0, 0.1) is 11.3 Å². The number of hydrogen-bond acceptors (Lipinski definition) is 4. The average molecular weight is 219 g/mol. The molecule has 2 rings (SSSR count). The van der Waals surface area contributed by atoms with Crippen molar-refractivity contribution >= 4 is 11.7 Å². The normalized spacial score (nSPS) is 17.4. The summed E-state index contributed by atoms with van der Waals surface area (Å²) in [6.07, 6.45) is 5.68. The van der Waals surface area contributed by atoms with E-state index in [9.17, 15) is 0 Å². The molecule has 16 heavy (non-hydrogen) atoms. The van der Waals surface area contributed by atoms with Gasteiger partial charge in [0.25, 0.3) is 0 Å². The lowest BCUT2D eigenvalue weighted by Gasteiger charge is -2.30. The van der Waals surface area contributed by atoms with E-state index in [1.807, 2.05) is 0 Å². The van der Waals surface area contributed by atoms with E-state index in [1.165, 1.54) is 12.8 Å².